The van der Waals surface area contributed by atoms with Crippen LogP contribution in [0.3, 0.4) is 0 Å². The van der Waals surface area contributed by atoms with E-state index in [2.05, 4.69) is 5.32 Å². The molecule has 0 aliphatic carbocycles. The molecule has 3 atom stereocenters. The van der Waals surface area contributed by atoms with Crippen molar-refractivity contribution in [3.63, 3.8) is 0 Å². The molecule has 0 unspecified atom stereocenters. The van der Waals surface area contributed by atoms with Crippen LogP contribution in [0.1, 0.15) is 40.0 Å². The Morgan fingerprint density at radius 1 is 1.37 bits per heavy atom. The second-order valence-electron chi connectivity index (χ2n) is 5.54. The average Bonchev–Trinajstić information content (AvgIpc) is 2.52. The van der Waals surface area contributed by atoms with Crippen LogP contribution in [0.25, 0.3) is 0 Å². The first-order valence-corrected chi connectivity index (χ1v) is 6.83. The quantitative estimate of drug-likeness (QED) is 0.651. The van der Waals surface area contributed by atoms with Crippen LogP contribution in [0, 0.1) is 11.8 Å². The van der Waals surface area contributed by atoms with Crippen molar-refractivity contribution in [1.82, 2.24) is 10.4 Å². The van der Waals surface area contributed by atoms with Gasteiger partial charge in [0.15, 0.2) is 0 Å². The summed E-state index contributed by atoms with van der Waals surface area (Å²) in [5, 5.41) is 22.6. The van der Waals surface area contributed by atoms with E-state index in [9.17, 15) is 19.9 Å². The molecule has 0 saturated carbocycles. The van der Waals surface area contributed by atoms with Gasteiger partial charge in [-0.1, -0.05) is 20.8 Å². The first-order valence-electron chi connectivity index (χ1n) is 6.83. The molecule has 1 rings (SSSR count). The van der Waals surface area contributed by atoms with E-state index in [0.29, 0.717) is 18.0 Å². The topological polar surface area (TPSA) is 89.9 Å². The molecule has 0 aromatic rings. The van der Waals surface area contributed by atoms with Crippen molar-refractivity contribution in [3.05, 3.63) is 0 Å². The molecular weight excluding hydrogens is 248 g/mol. The second kappa shape index (κ2) is 6.86. The fourth-order valence-electron chi connectivity index (χ4n) is 2.19. The predicted molar refractivity (Wildman–Crippen MR) is 69.3 cm³/mol. The van der Waals surface area contributed by atoms with Crippen LogP contribution in [0.15, 0.2) is 0 Å². The Kier molecular flexibility index (Phi) is 5.75. The van der Waals surface area contributed by atoms with Crippen molar-refractivity contribution in [1.29, 1.82) is 0 Å². The van der Waals surface area contributed by atoms with Crippen molar-refractivity contribution < 1.29 is 19.9 Å². The summed E-state index contributed by atoms with van der Waals surface area (Å²) < 4.78 is 0. The fourth-order valence-corrected chi connectivity index (χ4v) is 2.19. The van der Waals surface area contributed by atoms with Crippen LogP contribution in [0.4, 0.5) is 0 Å². The van der Waals surface area contributed by atoms with E-state index in [4.69, 9.17) is 0 Å². The Labute approximate surface area is 113 Å². The summed E-state index contributed by atoms with van der Waals surface area (Å²) in [6.45, 7) is 5.61. The van der Waals surface area contributed by atoms with E-state index in [1.54, 1.807) is 6.92 Å². The third-order valence-corrected chi connectivity index (χ3v) is 3.59. The van der Waals surface area contributed by atoms with Gasteiger partial charge in [-0.25, -0.2) is 5.06 Å². The SMILES string of the molecule is CC(C)[C@@H](O)[C@H](C)C(=O)N[C@H]1CCCCN(O)C1=O. The molecule has 0 aromatic carbocycles. The lowest BCUT2D eigenvalue weighted by atomic mass is 9.94. The minimum atomic E-state index is -0.744. The van der Waals surface area contributed by atoms with Gasteiger partial charge >= 0.3 is 0 Å². The van der Waals surface area contributed by atoms with Crippen LogP contribution in [0.2, 0.25) is 0 Å². The predicted octanol–water partition coefficient (Wildman–Crippen LogP) is 0.526. The fraction of sp³-hybridized carbons (Fsp3) is 0.846. The lowest BCUT2D eigenvalue weighted by Gasteiger charge is -2.25. The Morgan fingerprint density at radius 2 is 2.00 bits per heavy atom. The molecule has 19 heavy (non-hydrogen) atoms. The lowest BCUT2D eigenvalue weighted by Crippen LogP contribution is -2.49. The van der Waals surface area contributed by atoms with Crippen LogP contribution < -0.4 is 5.32 Å². The highest BCUT2D eigenvalue weighted by Crippen LogP contribution is 2.15. The average molecular weight is 272 g/mol. The Bertz CT molecular complexity index is 333. The molecule has 6 heteroatoms. The summed E-state index contributed by atoms with van der Waals surface area (Å²) in [6.07, 6.45) is 1.27. The molecule has 110 valence electrons. The molecule has 0 radical (unpaired) electrons. The van der Waals surface area contributed by atoms with E-state index in [1.165, 1.54) is 0 Å². The molecule has 1 aliphatic rings. The number of carbonyl (C=O) groups is 2. The maximum atomic E-state index is 12.0. The first kappa shape index (κ1) is 15.9. The van der Waals surface area contributed by atoms with Crippen LogP contribution in [0.5, 0.6) is 0 Å². The zero-order valence-corrected chi connectivity index (χ0v) is 11.8. The number of hydroxylamine groups is 2. The number of carbonyl (C=O) groups excluding carboxylic acids is 2. The van der Waals surface area contributed by atoms with Crippen LogP contribution in [-0.2, 0) is 9.59 Å². The van der Waals surface area contributed by atoms with Crippen molar-refractivity contribution in [2.75, 3.05) is 6.54 Å². The number of rotatable bonds is 4. The van der Waals surface area contributed by atoms with Gasteiger partial charge in [-0.3, -0.25) is 14.8 Å². The summed E-state index contributed by atoms with van der Waals surface area (Å²) >= 11 is 0. The molecule has 2 amide bonds. The Hall–Kier alpha value is -1.14. The van der Waals surface area contributed by atoms with Crippen molar-refractivity contribution >= 4 is 11.8 Å². The number of aliphatic hydroxyl groups is 1. The third-order valence-electron chi connectivity index (χ3n) is 3.59. The van der Waals surface area contributed by atoms with E-state index < -0.39 is 24.0 Å². The van der Waals surface area contributed by atoms with Gasteiger partial charge in [-0.2, -0.15) is 0 Å². The zero-order valence-electron chi connectivity index (χ0n) is 11.8. The lowest BCUT2D eigenvalue weighted by molar-refractivity contribution is -0.167. The number of hydrogen-bond acceptors (Lipinski definition) is 4. The smallest absolute Gasteiger partial charge is 0.268 e. The van der Waals surface area contributed by atoms with Crippen molar-refractivity contribution in [2.45, 2.75) is 52.2 Å². The normalized spacial score (nSPS) is 24.0. The molecule has 1 aliphatic heterocycles. The molecule has 1 heterocycles. The van der Waals surface area contributed by atoms with E-state index in [1.807, 2.05) is 13.8 Å². The van der Waals surface area contributed by atoms with E-state index in [0.717, 1.165) is 12.8 Å². The largest absolute Gasteiger partial charge is 0.392 e. The number of nitrogens with one attached hydrogen (secondary N) is 1. The molecule has 6 nitrogen and oxygen atoms in total. The number of aliphatic hydroxyl groups excluding tert-OH is 1. The summed E-state index contributed by atoms with van der Waals surface area (Å²) in [4.78, 5) is 23.8. The first-order chi connectivity index (χ1) is 8.84. The van der Waals surface area contributed by atoms with Gasteiger partial charge in [0, 0.05) is 6.54 Å². The maximum Gasteiger partial charge on any atom is 0.268 e. The number of nitrogens with zero attached hydrogens (tertiary/aromatic N) is 1. The molecule has 0 aromatic heterocycles. The highest BCUT2D eigenvalue weighted by atomic mass is 16.5. The van der Waals surface area contributed by atoms with E-state index in [-0.39, 0.29) is 11.8 Å². The summed E-state index contributed by atoms with van der Waals surface area (Å²) in [5.41, 5.74) is 0. The molecule has 3 N–H and O–H groups in total. The highest BCUT2D eigenvalue weighted by molar-refractivity contribution is 5.88. The van der Waals surface area contributed by atoms with Crippen LogP contribution in [-0.4, -0.2) is 45.9 Å². The Balaban J connectivity index is 2.62. The van der Waals surface area contributed by atoms with Crippen molar-refractivity contribution in [3.8, 4) is 0 Å². The van der Waals surface area contributed by atoms with Crippen molar-refractivity contribution in [2.24, 2.45) is 11.8 Å². The minimum Gasteiger partial charge on any atom is -0.392 e. The van der Waals surface area contributed by atoms with Gasteiger partial charge in [0.1, 0.15) is 6.04 Å². The van der Waals surface area contributed by atoms with Gasteiger partial charge in [-0.05, 0) is 25.2 Å². The molecule has 1 saturated heterocycles. The Morgan fingerprint density at radius 3 is 2.58 bits per heavy atom. The molecule has 1 fully saturated rings. The monoisotopic (exact) mass is 272 g/mol. The van der Waals surface area contributed by atoms with Crippen LogP contribution >= 0.6 is 0 Å². The van der Waals surface area contributed by atoms with Gasteiger partial charge in [0.25, 0.3) is 5.91 Å². The van der Waals surface area contributed by atoms with Gasteiger partial charge < -0.3 is 10.4 Å². The zero-order chi connectivity index (χ0) is 14.6. The third kappa shape index (κ3) is 4.18. The molecule has 0 bridgehead atoms. The summed E-state index contributed by atoms with van der Waals surface area (Å²) in [7, 11) is 0. The second-order valence-corrected chi connectivity index (χ2v) is 5.54. The minimum absolute atomic E-state index is 0.0278. The molecule has 0 spiro atoms. The maximum absolute atomic E-state index is 12.0. The number of amides is 2. The van der Waals surface area contributed by atoms with E-state index >= 15 is 0 Å². The summed E-state index contributed by atoms with van der Waals surface area (Å²) in [6, 6.07) is -0.693. The standard InChI is InChI=1S/C13H24N2O4/c1-8(2)11(16)9(3)12(17)14-10-6-4-5-7-15(19)13(10)18/h8-11,16,19H,4-7H2,1-3H3,(H,14,17)/t9-,10-,11+/m0/s1. The highest BCUT2D eigenvalue weighted by Gasteiger charge is 2.31. The van der Waals surface area contributed by atoms with Gasteiger partial charge in [0.2, 0.25) is 5.91 Å². The van der Waals surface area contributed by atoms with Gasteiger partial charge in [-0.15, -0.1) is 0 Å². The molecular formula is C13H24N2O4. The van der Waals surface area contributed by atoms with Gasteiger partial charge in [0.05, 0.1) is 12.0 Å². The summed E-state index contributed by atoms with van der Waals surface area (Å²) in [5.74, 6) is -1.44. The number of hydrogen-bond donors (Lipinski definition) is 3.